The number of nitrogens with one attached hydrogen (secondary N) is 1. The SMILES string of the molecule is Cn1cc(CCNC2CCN(c3ccccn3)CC2)cn1. The Morgan fingerprint density at radius 3 is 2.81 bits per heavy atom. The van der Waals surface area contributed by atoms with Gasteiger partial charge in [0, 0.05) is 38.6 Å². The topological polar surface area (TPSA) is 46.0 Å². The van der Waals surface area contributed by atoms with E-state index in [1.54, 1.807) is 0 Å². The summed E-state index contributed by atoms with van der Waals surface area (Å²) >= 11 is 0. The van der Waals surface area contributed by atoms with Gasteiger partial charge in [-0.3, -0.25) is 4.68 Å². The van der Waals surface area contributed by atoms with Gasteiger partial charge in [-0.2, -0.15) is 5.10 Å². The van der Waals surface area contributed by atoms with Gasteiger partial charge in [0.1, 0.15) is 5.82 Å². The summed E-state index contributed by atoms with van der Waals surface area (Å²) in [6, 6.07) is 6.74. The Hall–Kier alpha value is -1.88. The van der Waals surface area contributed by atoms with E-state index >= 15 is 0 Å². The zero-order valence-corrected chi connectivity index (χ0v) is 12.6. The van der Waals surface area contributed by atoms with Crippen molar-refractivity contribution in [3.05, 3.63) is 42.4 Å². The predicted molar refractivity (Wildman–Crippen MR) is 84.4 cm³/mol. The van der Waals surface area contributed by atoms with Gasteiger partial charge in [0.15, 0.2) is 0 Å². The molecule has 112 valence electrons. The second-order valence-corrected chi connectivity index (χ2v) is 5.68. The Bertz CT molecular complexity index is 543. The number of pyridine rings is 1. The van der Waals surface area contributed by atoms with Crippen LogP contribution in [0.3, 0.4) is 0 Å². The van der Waals surface area contributed by atoms with Crippen LogP contribution in [0.4, 0.5) is 5.82 Å². The Morgan fingerprint density at radius 1 is 1.29 bits per heavy atom. The molecule has 5 nitrogen and oxygen atoms in total. The Morgan fingerprint density at radius 2 is 2.14 bits per heavy atom. The van der Waals surface area contributed by atoms with Crippen LogP contribution in [0, 0.1) is 0 Å². The zero-order chi connectivity index (χ0) is 14.5. The lowest BCUT2D eigenvalue weighted by Crippen LogP contribution is -2.43. The van der Waals surface area contributed by atoms with Crippen LogP contribution in [0.1, 0.15) is 18.4 Å². The largest absolute Gasteiger partial charge is 0.357 e. The van der Waals surface area contributed by atoms with Crippen molar-refractivity contribution in [3.63, 3.8) is 0 Å². The lowest BCUT2D eigenvalue weighted by Gasteiger charge is -2.33. The van der Waals surface area contributed by atoms with Crippen molar-refractivity contribution in [1.29, 1.82) is 0 Å². The summed E-state index contributed by atoms with van der Waals surface area (Å²) in [4.78, 5) is 6.80. The summed E-state index contributed by atoms with van der Waals surface area (Å²) in [7, 11) is 1.96. The van der Waals surface area contributed by atoms with Crippen LogP contribution in [0.25, 0.3) is 0 Å². The van der Waals surface area contributed by atoms with Gasteiger partial charge in [-0.25, -0.2) is 4.98 Å². The van der Waals surface area contributed by atoms with Gasteiger partial charge in [-0.15, -0.1) is 0 Å². The Kier molecular flexibility index (Phi) is 4.50. The van der Waals surface area contributed by atoms with Crippen molar-refractivity contribution in [2.24, 2.45) is 7.05 Å². The maximum Gasteiger partial charge on any atom is 0.128 e. The molecule has 1 aliphatic heterocycles. The standard InChI is InChI=1S/C16H23N5/c1-20-13-14(12-19-20)5-9-17-15-6-10-21(11-7-15)16-4-2-3-8-18-16/h2-4,8,12-13,15,17H,5-7,9-11H2,1H3. The Balaban J connectivity index is 1.40. The van der Waals surface area contributed by atoms with Gasteiger partial charge in [0.25, 0.3) is 0 Å². The maximum absolute atomic E-state index is 4.43. The molecule has 0 amide bonds. The number of hydrogen-bond donors (Lipinski definition) is 1. The van der Waals surface area contributed by atoms with E-state index in [1.807, 2.05) is 30.2 Å². The van der Waals surface area contributed by atoms with Crippen LogP contribution in [-0.4, -0.2) is 40.4 Å². The lowest BCUT2D eigenvalue weighted by atomic mass is 10.0. The van der Waals surface area contributed by atoms with Crippen LogP contribution in [0.15, 0.2) is 36.8 Å². The highest BCUT2D eigenvalue weighted by atomic mass is 15.2. The van der Waals surface area contributed by atoms with Crippen LogP contribution < -0.4 is 10.2 Å². The van der Waals surface area contributed by atoms with Gasteiger partial charge < -0.3 is 10.2 Å². The molecule has 0 spiro atoms. The number of hydrogen-bond acceptors (Lipinski definition) is 4. The fourth-order valence-corrected chi connectivity index (χ4v) is 2.88. The van der Waals surface area contributed by atoms with Crippen LogP contribution in [0.2, 0.25) is 0 Å². The molecule has 0 atom stereocenters. The van der Waals surface area contributed by atoms with Crippen molar-refractivity contribution in [2.45, 2.75) is 25.3 Å². The predicted octanol–water partition coefficient (Wildman–Crippen LogP) is 1.62. The molecule has 0 aliphatic carbocycles. The minimum atomic E-state index is 0.627. The first-order chi connectivity index (χ1) is 10.3. The van der Waals surface area contributed by atoms with E-state index in [2.05, 4.69) is 38.6 Å². The van der Waals surface area contributed by atoms with E-state index in [0.29, 0.717) is 6.04 Å². The van der Waals surface area contributed by atoms with Crippen molar-refractivity contribution < 1.29 is 0 Å². The quantitative estimate of drug-likeness (QED) is 0.907. The smallest absolute Gasteiger partial charge is 0.128 e. The minimum absolute atomic E-state index is 0.627. The molecule has 1 aliphatic rings. The molecule has 0 bridgehead atoms. The van der Waals surface area contributed by atoms with E-state index in [-0.39, 0.29) is 0 Å². The number of anilines is 1. The maximum atomic E-state index is 4.43. The van der Waals surface area contributed by atoms with Crippen molar-refractivity contribution in [1.82, 2.24) is 20.1 Å². The minimum Gasteiger partial charge on any atom is -0.357 e. The second kappa shape index (κ2) is 6.72. The van der Waals surface area contributed by atoms with Gasteiger partial charge in [0.2, 0.25) is 0 Å². The summed E-state index contributed by atoms with van der Waals surface area (Å²) in [5.41, 5.74) is 1.30. The molecular weight excluding hydrogens is 262 g/mol. The number of piperidine rings is 1. The van der Waals surface area contributed by atoms with Crippen molar-refractivity contribution in [2.75, 3.05) is 24.5 Å². The van der Waals surface area contributed by atoms with E-state index in [9.17, 15) is 0 Å². The first-order valence-electron chi connectivity index (χ1n) is 7.68. The molecule has 0 saturated carbocycles. The molecule has 1 fully saturated rings. The number of aromatic nitrogens is 3. The lowest BCUT2D eigenvalue weighted by molar-refractivity contribution is 0.416. The number of aryl methyl sites for hydroxylation is 1. The first kappa shape index (κ1) is 14.1. The fourth-order valence-electron chi connectivity index (χ4n) is 2.88. The summed E-state index contributed by atoms with van der Waals surface area (Å²) in [5, 5.41) is 7.87. The van der Waals surface area contributed by atoms with Gasteiger partial charge >= 0.3 is 0 Å². The summed E-state index contributed by atoms with van der Waals surface area (Å²) in [6.45, 7) is 3.20. The van der Waals surface area contributed by atoms with E-state index in [1.165, 1.54) is 18.4 Å². The number of rotatable bonds is 5. The van der Waals surface area contributed by atoms with E-state index < -0.39 is 0 Å². The molecule has 3 rings (SSSR count). The normalized spacial score (nSPS) is 16.3. The first-order valence-corrected chi connectivity index (χ1v) is 7.68. The molecule has 21 heavy (non-hydrogen) atoms. The van der Waals surface area contributed by atoms with Gasteiger partial charge in [-0.05, 0) is 43.5 Å². The molecule has 2 aromatic rings. The van der Waals surface area contributed by atoms with Crippen LogP contribution >= 0.6 is 0 Å². The monoisotopic (exact) mass is 285 g/mol. The second-order valence-electron chi connectivity index (χ2n) is 5.68. The average Bonchev–Trinajstić information content (AvgIpc) is 2.94. The van der Waals surface area contributed by atoms with Crippen LogP contribution in [-0.2, 0) is 13.5 Å². The number of nitrogens with zero attached hydrogens (tertiary/aromatic N) is 4. The third-order valence-electron chi connectivity index (χ3n) is 4.07. The molecule has 0 unspecified atom stereocenters. The molecule has 0 radical (unpaired) electrons. The third-order valence-corrected chi connectivity index (χ3v) is 4.07. The average molecular weight is 285 g/mol. The molecule has 3 heterocycles. The highest BCUT2D eigenvalue weighted by Gasteiger charge is 2.19. The summed E-state index contributed by atoms with van der Waals surface area (Å²) in [6.07, 6.45) is 9.33. The molecular formula is C16H23N5. The van der Waals surface area contributed by atoms with E-state index in [0.717, 1.165) is 31.9 Å². The van der Waals surface area contributed by atoms with Crippen molar-refractivity contribution >= 4 is 5.82 Å². The summed E-state index contributed by atoms with van der Waals surface area (Å²) < 4.78 is 1.86. The van der Waals surface area contributed by atoms with Crippen LogP contribution in [0.5, 0.6) is 0 Å². The highest BCUT2D eigenvalue weighted by Crippen LogP contribution is 2.17. The molecule has 5 heteroatoms. The molecule has 1 saturated heterocycles. The van der Waals surface area contributed by atoms with E-state index in [4.69, 9.17) is 0 Å². The highest BCUT2D eigenvalue weighted by molar-refractivity contribution is 5.38. The Labute approximate surface area is 126 Å². The molecule has 0 aromatic carbocycles. The van der Waals surface area contributed by atoms with Gasteiger partial charge in [-0.1, -0.05) is 6.07 Å². The van der Waals surface area contributed by atoms with Crippen molar-refractivity contribution in [3.8, 4) is 0 Å². The molecule has 1 N–H and O–H groups in total. The zero-order valence-electron chi connectivity index (χ0n) is 12.6. The summed E-state index contributed by atoms with van der Waals surface area (Å²) in [5.74, 6) is 1.10. The third kappa shape index (κ3) is 3.82. The molecule has 2 aromatic heterocycles. The fraction of sp³-hybridized carbons (Fsp3) is 0.500. The van der Waals surface area contributed by atoms with Gasteiger partial charge in [0.05, 0.1) is 6.20 Å².